The van der Waals surface area contributed by atoms with Crippen LogP contribution < -0.4 is 5.73 Å². The van der Waals surface area contributed by atoms with Gasteiger partial charge in [0.15, 0.2) is 9.84 Å². The summed E-state index contributed by atoms with van der Waals surface area (Å²) in [4.78, 5) is 0. The van der Waals surface area contributed by atoms with Crippen molar-refractivity contribution in [1.29, 1.82) is 0 Å². The van der Waals surface area contributed by atoms with Gasteiger partial charge in [-0.1, -0.05) is 30.7 Å². The number of hydrogen-bond donors (Lipinski definition) is 1. The molecule has 1 saturated carbocycles. The molecule has 17 heavy (non-hydrogen) atoms. The van der Waals surface area contributed by atoms with Gasteiger partial charge in [0.1, 0.15) is 0 Å². The summed E-state index contributed by atoms with van der Waals surface area (Å²) in [5.41, 5.74) is 7.80. The summed E-state index contributed by atoms with van der Waals surface area (Å²) in [5.74, 6) is 0.123. The molecule has 0 saturated heterocycles. The predicted molar refractivity (Wildman–Crippen MR) is 69.4 cm³/mol. The van der Waals surface area contributed by atoms with Crippen molar-refractivity contribution in [2.24, 2.45) is 5.73 Å². The van der Waals surface area contributed by atoms with Crippen molar-refractivity contribution in [1.82, 2.24) is 0 Å². The second-order valence-corrected chi connectivity index (χ2v) is 7.09. The summed E-state index contributed by atoms with van der Waals surface area (Å²) in [7, 11) is -3.11. The van der Waals surface area contributed by atoms with Crippen molar-refractivity contribution in [2.75, 3.05) is 0 Å². The Labute approximate surface area is 103 Å². The van der Waals surface area contributed by atoms with E-state index in [2.05, 4.69) is 0 Å². The smallest absolute Gasteiger partial charge is 0.158 e. The van der Waals surface area contributed by atoms with Crippen LogP contribution in [0, 0.1) is 6.92 Å². The van der Waals surface area contributed by atoms with Gasteiger partial charge in [0.2, 0.25) is 0 Å². The number of aryl methyl sites for hydroxylation is 1. The van der Waals surface area contributed by atoms with E-state index in [0.29, 0.717) is 0 Å². The van der Waals surface area contributed by atoms with Crippen LogP contribution in [0.2, 0.25) is 0 Å². The summed E-state index contributed by atoms with van der Waals surface area (Å²) >= 11 is 0. The van der Waals surface area contributed by atoms with Crippen LogP contribution in [-0.2, 0) is 15.6 Å². The molecule has 1 aliphatic carbocycles. The largest absolute Gasteiger partial charge is 0.327 e. The first-order chi connectivity index (χ1) is 8.00. The number of sulfone groups is 1. The second-order valence-electron chi connectivity index (χ2n) is 4.87. The molecule has 0 amide bonds. The number of hydrogen-bond acceptors (Lipinski definition) is 3. The molecule has 0 aliphatic heterocycles. The molecule has 2 atom stereocenters. The molecule has 1 aromatic carbocycles. The van der Waals surface area contributed by atoms with Crippen LogP contribution in [-0.4, -0.2) is 19.7 Å². The highest BCUT2D eigenvalue weighted by Crippen LogP contribution is 2.27. The van der Waals surface area contributed by atoms with Crippen LogP contribution >= 0.6 is 0 Å². The van der Waals surface area contributed by atoms with E-state index >= 15 is 0 Å². The van der Waals surface area contributed by atoms with Crippen LogP contribution in [0.3, 0.4) is 0 Å². The fourth-order valence-electron chi connectivity index (χ4n) is 2.50. The Bertz CT molecular complexity index is 496. The van der Waals surface area contributed by atoms with Crippen molar-refractivity contribution < 1.29 is 8.42 Å². The maximum absolute atomic E-state index is 12.3. The lowest BCUT2D eigenvalue weighted by molar-refractivity contribution is 0.567. The fraction of sp³-hybridized carbons (Fsp3) is 0.538. The SMILES string of the molecule is Cc1ccccc1CS(=O)(=O)C1CCCC1N. The summed E-state index contributed by atoms with van der Waals surface area (Å²) in [6, 6.07) is 7.45. The van der Waals surface area contributed by atoms with Gasteiger partial charge in [-0.2, -0.15) is 0 Å². The van der Waals surface area contributed by atoms with Gasteiger partial charge in [0.05, 0.1) is 11.0 Å². The van der Waals surface area contributed by atoms with Crippen molar-refractivity contribution in [3.05, 3.63) is 35.4 Å². The zero-order valence-corrected chi connectivity index (χ0v) is 10.9. The maximum atomic E-state index is 12.3. The van der Waals surface area contributed by atoms with E-state index in [0.717, 1.165) is 30.4 Å². The Kier molecular flexibility index (Phi) is 3.54. The summed E-state index contributed by atoms with van der Waals surface area (Å²) in [6.07, 6.45) is 2.48. The molecule has 2 N–H and O–H groups in total. The van der Waals surface area contributed by atoms with Gasteiger partial charge in [0.25, 0.3) is 0 Å². The van der Waals surface area contributed by atoms with Gasteiger partial charge >= 0.3 is 0 Å². The van der Waals surface area contributed by atoms with Gasteiger partial charge in [0, 0.05) is 6.04 Å². The van der Waals surface area contributed by atoms with E-state index in [9.17, 15) is 8.42 Å². The molecule has 2 unspecified atom stereocenters. The number of nitrogens with two attached hydrogens (primary N) is 1. The molecule has 1 aromatic rings. The zero-order chi connectivity index (χ0) is 12.5. The van der Waals surface area contributed by atoms with Gasteiger partial charge in [-0.25, -0.2) is 8.42 Å². The van der Waals surface area contributed by atoms with E-state index in [-0.39, 0.29) is 17.0 Å². The molecular formula is C13H19NO2S. The molecule has 0 heterocycles. The van der Waals surface area contributed by atoms with Crippen molar-refractivity contribution >= 4 is 9.84 Å². The second kappa shape index (κ2) is 4.78. The van der Waals surface area contributed by atoms with Crippen LogP contribution in [0.4, 0.5) is 0 Å². The minimum Gasteiger partial charge on any atom is -0.327 e. The molecule has 3 nitrogen and oxygen atoms in total. The first kappa shape index (κ1) is 12.6. The Balaban J connectivity index is 2.21. The summed E-state index contributed by atoms with van der Waals surface area (Å²) in [6.45, 7) is 1.94. The normalized spacial score (nSPS) is 25.1. The van der Waals surface area contributed by atoms with E-state index in [1.165, 1.54) is 0 Å². The third-order valence-electron chi connectivity index (χ3n) is 3.58. The van der Waals surface area contributed by atoms with Gasteiger partial charge in [-0.05, 0) is 30.9 Å². The lowest BCUT2D eigenvalue weighted by Crippen LogP contribution is -2.36. The van der Waals surface area contributed by atoms with Gasteiger partial charge in [-0.15, -0.1) is 0 Å². The number of rotatable bonds is 3. The molecule has 2 rings (SSSR count). The number of benzene rings is 1. The Hall–Kier alpha value is -0.870. The Morgan fingerprint density at radius 1 is 1.29 bits per heavy atom. The van der Waals surface area contributed by atoms with Crippen LogP contribution in [0.25, 0.3) is 0 Å². The topological polar surface area (TPSA) is 60.2 Å². The molecule has 94 valence electrons. The highest BCUT2D eigenvalue weighted by molar-refractivity contribution is 7.91. The molecule has 0 aromatic heterocycles. The van der Waals surface area contributed by atoms with Crippen LogP contribution in [0.15, 0.2) is 24.3 Å². The highest BCUT2D eigenvalue weighted by Gasteiger charge is 2.35. The van der Waals surface area contributed by atoms with Crippen LogP contribution in [0.5, 0.6) is 0 Å². The summed E-state index contributed by atoms with van der Waals surface area (Å²) in [5, 5.41) is -0.345. The minimum atomic E-state index is -3.11. The van der Waals surface area contributed by atoms with Crippen LogP contribution in [0.1, 0.15) is 30.4 Å². The van der Waals surface area contributed by atoms with Crippen molar-refractivity contribution in [3.8, 4) is 0 Å². The van der Waals surface area contributed by atoms with Crippen molar-refractivity contribution in [2.45, 2.75) is 43.2 Å². The molecule has 0 radical (unpaired) electrons. The molecule has 0 bridgehead atoms. The Morgan fingerprint density at radius 3 is 2.59 bits per heavy atom. The predicted octanol–water partition coefficient (Wildman–Crippen LogP) is 1.79. The third-order valence-corrected chi connectivity index (χ3v) is 5.80. The average Bonchev–Trinajstić information content (AvgIpc) is 2.68. The quantitative estimate of drug-likeness (QED) is 0.893. The molecular weight excluding hydrogens is 234 g/mol. The van der Waals surface area contributed by atoms with Gasteiger partial charge in [-0.3, -0.25) is 0 Å². The zero-order valence-electron chi connectivity index (χ0n) is 10.1. The van der Waals surface area contributed by atoms with E-state index in [1.807, 2.05) is 31.2 Å². The standard InChI is InChI=1S/C13H19NO2S/c1-10-5-2-3-6-11(10)9-17(15,16)13-8-4-7-12(13)14/h2-3,5-6,12-13H,4,7-9,14H2,1H3. The molecule has 1 fully saturated rings. The summed E-state index contributed by atoms with van der Waals surface area (Å²) < 4.78 is 24.6. The molecule has 4 heteroatoms. The van der Waals surface area contributed by atoms with Crippen molar-refractivity contribution in [3.63, 3.8) is 0 Å². The molecule has 0 spiro atoms. The first-order valence-electron chi connectivity index (χ1n) is 6.02. The highest BCUT2D eigenvalue weighted by atomic mass is 32.2. The third kappa shape index (κ3) is 2.69. The fourth-order valence-corrected chi connectivity index (χ4v) is 4.66. The van der Waals surface area contributed by atoms with E-state index in [1.54, 1.807) is 0 Å². The Morgan fingerprint density at radius 2 is 2.00 bits per heavy atom. The monoisotopic (exact) mass is 253 g/mol. The lowest BCUT2D eigenvalue weighted by atomic mass is 10.1. The minimum absolute atomic E-state index is 0.123. The lowest BCUT2D eigenvalue weighted by Gasteiger charge is -2.16. The van der Waals surface area contributed by atoms with Gasteiger partial charge < -0.3 is 5.73 Å². The molecule has 1 aliphatic rings. The average molecular weight is 253 g/mol. The maximum Gasteiger partial charge on any atom is 0.158 e. The van der Waals surface area contributed by atoms with E-state index < -0.39 is 9.84 Å². The first-order valence-corrected chi connectivity index (χ1v) is 7.74. The van der Waals surface area contributed by atoms with E-state index in [4.69, 9.17) is 5.73 Å².